The lowest BCUT2D eigenvalue weighted by Crippen LogP contribution is -2.50. The molecule has 0 heterocycles. The summed E-state index contributed by atoms with van der Waals surface area (Å²) in [5, 5.41) is 13.8. The second kappa shape index (κ2) is 11.5. The van der Waals surface area contributed by atoms with Gasteiger partial charge in [-0.25, -0.2) is 8.42 Å². The topological polar surface area (TPSA) is 148 Å². The number of nitro groups is 1. The number of nitro benzene ring substituents is 1. The van der Waals surface area contributed by atoms with Gasteiger partial charge >= 0.3 is 0 Å². The highest BCUT2D eigenvalue weighted by Crippen LogP contribution is 2.34. The molecule has 1 atom stereocenters. The van der Waals surface area contributed by atoms with E-state index in [9.17, 15) is 28.1 Å². The molecule has 0 saturated heterocycles. The first kappa shape index (κ1) is 27.4. The number of sulfonamides is 1. The minimum Gasteiger partial charge on any atom is -0.497 e. The number of hydrogen-bond acceptors (Lipinski definition) is 8. The van der Waals surface area contributed by atoms with E-state index in [4.69, 9.17) is 9.47 Å². The van der Waals surface area contributed by atoms with Crippen LogP contribution < -0.4 is 19.1 Å². The van der Waals surface area contributed by atoms with Gasteiger partial charge in [0.25, 0.3) is 5.69 Å². The molecule has 2 aromatic carbocycles. The molecule has 12 nitrogen and oxygen atoms in total. The minimum absolute atomic E-state index is 0.0195. The molecular weight excluding hydrogens is 480 g/mol. The summed E-state index contributed by atoms with van der Waals surface area (Å²) in [5.41, 5.74) is 0.0904. The van der Waals surface area contributed by atoms with E-state index in [-0.39, 0.29) is 23.7 Å². The fourth-order valence-electron chi connectivity index (χ4n) is 3.34. The summed E-state index contributed by atoms with van der Waals surface area (Å²) in [6.07, 6.45) is 0.868. The molecule has 0 aromatic heterocycles. The number of anilines is 1. The molecule has 13 heteroatoms. The first-order chi connectivity index (χ1) is 16.4. The zero-order valence-corrected chi connectivity index (χ0v) is 20.9. The highest BCUT2D eigenvalue weighted by atomic mass is 32.2. The zero-order chi connectivity index (χ0) is 26.3. The van der Waals surface area contributed by atoms with Crippen LogP contribution in [-0.4, -0.2) is 70.2 Å². The van der Waals surface area contributed by atoms with E-state index in [1.807, 2.05) is 0 Å². The lowest BCUT2D eigenvalue weighted by Gasteiger charge is -2.31. The predicted molar refractivity (Wildman–Crippen MR) is 129 cm³/mol. The van der Waals surface area contributed by atoms with Gasteiger partial charge in [-0.2, -0.15) is 0 Å². The second-order valence-electron chi connectivity index (χ2n) is 7.55. The third-order valence-corrected chi connectivity index (χ3v) is 6.35. The molecule has 35 heavy (non-hydrogen) atoms. The normalized spacial score (nSPS) is 11.8. The summed E-state index contributed by atoms with van der Waals surface area (Å²) < 4.78 is 36.5. The van der Waals surface area contributed by atoms with E-state index < -0.39 is 39.3 Å². The minimum atomic E-state index is -4.09. The van der Waals surface area contributed by atoms with Crippen LogP contribution in [0.25, 0.3) is 0 Å². The van der Waals surface area contributed by atoms with Crippen molar-refractivity contribution < 1.29 is 32.4 Å². The van der Waals surface area contributed by atoms with Crippen molar-refractivity contribution in [3.63, 3.8) is 0 Å². The fourth-order valence-corrected chi connectivity index (χ4v) is 4.19. The Morgan fingerprint density at radius 3 is 2.37 bits per heavy atom. The predicted octanol–water partition coefficient (Wildman–Crippen LogP) is 1.54. The van der Waals surface area contributed by atoms with Crippen molar-refractivity contribution in [3.8, 4) is 11.5 Å². The number of methoxy groups -OCH3 is 2. The number of non-ortho nitro benzene ring substituents is 1. The number of carbonyl (C=O) groups excluding carboxylic acids is 2. The van der Waals surface area contributed by atoms with Crippen molar-refractivity contribution in [1.82, 2.24) is 10.2 Å². The smallest absolute Gasteiger partial charge is 0.271 e. The maximum Gasteiger partial charge on any atom is 0.271 e. The van der Waals surface area contributed by atoms with Crippen LogP contribution >= 0.6 is 0 Å². The van der Waals surface area contributed by atoms with Crippen LogP contribution in [0, 0.1) is 10.1 Å². The third-order valence-electron chi connectivity index (χ3n) is 5.22. The highest BCUT2D eigenvalue weighted by molar-refractivity contribution is 7.92. The van der Waals surface area contributed by atoms with Crippen LogP contribution in [0.1, 0.15) is 12.5 Å². The van der Waals surface area contributed by atoms with Crippen LogP contribution in [-0.2, 0) is 26.2 Å². The highest BCUT2D eigenvalue weighted by Gasteiger charge is 2.31. The maximum absolute atomic E-state index is 13.4. The zero-order valence-electron chi connectivity index (χ0n) is 20.0. The molecule has 0 aliphatic heterocycles. The maximum atomic E-state index is 13.4. The number of hydrogen-bond donors (Lipinski definition) is 1. The van der Waals surface area contributed by atoms with Gasteiger partial charge in [0, 0.05) is 25.7 Å². The van der Waals surface area contributed by atoms with Crippen molar-refractivity contribution in [2.24, 2.45) is 0 Å². The Morgan fingerprint density at radius 1 is 1.14 bits per heavy atom. The van der Waals surface area contributed by atoms with Gasteiger partial charge in [0.05, 0.1) is 25.4 Å². The van der Waals surface area contributed by atoms with E-state index in [1.165, 1.54) is 39.2 Å². The molecule has 0 aliphatic carbocycles. The second-order valence-corrected chi connectivity index (χ2v) is 9.45. The van der Waals surface area contributed by atoms with Gasteiger partial charge in [-0.05, 0) is 30.7 Å². The van der Waals surface area contributed by atoms with E-state index in [2.05, 4.69) is 5.32 Å². The van der Waals surface area contributed by atoms with E-state index in [0.29, 0.717) is 11.3 Å². The summed E-state index contributed by atoms with van der Waals surface area (Å²) in [6.45, 7) is 0.769. The van der Waals surface area contributed by atoms with Crippen molar-refractivity contribution in [2.75, 3.05) is 38.4 Å². The van der Waals surface area contributed by atoms with Gasteiger partial charge < -0.3 is 19.7 Å². The standard InChI is InChI=1S/C22H28N4O8S/c1-15(22(28)23-2)24(13-16-7-6-8-18(11-16)33-3)21(27)14-25(35(5,31)32)19-12-17(26(29)30)9-10-20(19)34-4/h6-12,15H,13-14H2,1-5H3,(H,23,28)/t15-/m1/s1. The molecule has 2 amide bonds. The Kier molecular flexibility index (Phi) is 9.00. The number of amides is 2. The van der Waals surface area contributed by atoms with Crippen molar-refractivity contribution >= 4 is 33.2 Å². The summed E-state index contributed by atoms with van der Waals surface area (Å²) in [6, 6.07) is 9.33. The average Bonchev–Trinajstić information content (AvgIpc) is 2.83. The molecule has 0 spiro atoms. The lowest BCUT2D eigenvalue weighted by molar-refractivity contribution is -0.384. The van der Waals surface area contributed by atoms with Crippen LogP contribution in [0.2, 0.25) is 0 Å². The Labute approximate surface area is 203 Å². The van der Waals surface area contributed by atoms with E-state index in [0.717, 1.165) is 22.7 Å². The van der Waals surface area contributed by atoms with Gasteiger partial charge in [0.2, 0.25) is 21.8 Å². The molecule has 2 rings (SSSR count). The number of nitrogens with zero attached hydrogens (tertiary/aromatic N) is 3. The first-order valence-electron chi connectivity index (χ1n) is 10.4. The molecule has 0 aliphatic rings. The third kappa shape index (κ3) is 6.82. The SMILES string of the molecule is CNC(=O)[C@@H](C)N(Cc1cccc(OC)c1)C(=O)CN(c1cc([N+](=O)[O-])ccc1OC)S(C)(=O)=O. The monoisotopic (exact) mass is 508 g/mol. The molecule has 0 bridgehead atoms. The summed E-state index contributed by atoms with van der Waals surface area (Å²) in [7, 11) is 0.0917. The van der Waals surface area contributed by atoms with Gasteiger partial charge in [0.1, 0.15) is 29.8 Å². The van der Waals surface area contributed by atoms with E-state index in [1.54, 1.807) is 24.3 Å². The molecule has 1 N–H and O–H groups in total. The van der Waals surface area contributed by atoms with E-state index >= 15 is 0 Å². The Hall–Kier alpha value is -3.87. The number of benzene rings is 2. The molecular formula is C22H28N4O8S. The molecule has 2 aromatic rings. The van der Waals surface area contributed by atoms with Crippen molar-refractivity contribution in [1.29, 1.82) is 0 Å². The first-order valence-corrected chi connectivity index (χ1v) is 12.2. The van der Waals surface area contributed by atoms with Crippen molar-refractivity contribution in [3.05, 3.63) is 58.1 Å². The Bertz CT molecular complexity index is 1200. The number of carbonyl (C=O) groups is 2. The van der Waals surface area contributed by atoms with Gasteiger partial charge in [-0.15, -0.1) is 0 Å². The summed E-state index contributed by atoms with van der Waals surface area (Å²) in [5.74, 6) is -0.600. The van der Waals surface area contributed by atoms with Gasteiger partial charge in [-0.3, -0.25) is 24.0 Å². The lowest BCUT2D eigenvalue weighted by atomic mass is 10.1. The van der Waals surface area contributed by atoms with Crippen LogP contribution in [0.5, 0.6) is 11.5 Å². The van der Waals surface area contributed by atoms with Crippen LogP contribution in [0.3, 0.4) is 0 Å². The van der Waals surface area contributed by atoms with Gasteiger partial charge in [-0.1, -0.05) is 12.1 Å². The number of likely N-dealkylation sites (N-methyl/N-ethyl adjacent to an activating group) is 1. The quantitative estimate of drug-likeness (QED) is 0.355. The number of nitrogens with one attached hydrogen (secondary N) is 1. The summed E-state index contributed by atoms with van der Waals surface area (Å²) in [4.78, 5) is 37.6. The fraction of sp³-hybridized carbons (Fsp3) is 0.364. The number of rotatable bonds is 11. The molecule has 0 unspecified atom stereocenters. The van der Waals surface area contributed by atoms with Crippen molar-refractivity contribution in [2.45, 2.75) is 19.5 Å². The average molecular weight is 509 g/mol. The summed E-state index contributed by atoms with van der Waals surface area (Å²) >= 11 is 0. The Balaban J connectivity index is 2.52. The van der Waals surface area contributed by atoms with Crippen LogP contribution in [0.4, 0.5) is 11.4 Å². The largest absolute Gasteiger partial charge is 0.497 e. The Morgan fingerprint density at radius 2 is 1.83 bits per heavy atom. The van der Waals surface area contributed by atoms with Gasteiger partial charge in [0.15, 0.2) is 0 Å². The molecule has 0 radical (unpaired) electrons. The van der Waals surface area contributed by atoms with Crippen LogP contribution in [0.15, 0.2) is 42.5 Å². The molecule has 0 saturated carbocycles. The molecule has 190 valence electrons. The number of ether oxygens (including phenoxy) is 2. The molecule has 0 fully saturated rings.